The average Bonchev–Trinajstić information content (AvgIpc) is 3.54. The summed E-state index contributed by atoms with van der Waals surface area (Å²) in [5.41, 5.74) is 1.48. The normalized spacial score (nSPS) is 17.9. The molecule has 0 unspecified atom stereocenters. The van der Waals surface area contributed by atoms with Crippen molar-refractivity contribution in [2.75, 3.05) is 24.5 Å². The lowest BCUT2D eigenvalue weighted by Gasteiger charge is -2.27. The number of likely N-dealkylation sites (tertiary alicyclic amines) is 1. The fourth-order valence-corrected chi connectivity index (χ4v) is 4.95. The number of nitrogens with zero attached hydrogens (tertiary/aromatic N) is 6. The highest BCUT2D eigenvalue weighted by Crippen LogP contribution is 2.27. The summed E-state index contributed by atoms with van der Waals surface area (Å²) in [6, 6.07) is 10.6. The van der Waals surface area contributed by atoms with Crippen LogP contribution in [0.2, 0.25) is 0 Å². The quantitative estimate of drug-likeness (QED) is 0.396. The van der Waals surface area contributed by atoms with Crippen LogP contribution < -0.4 is 10.2 Å². The summed E-state index contributed by atoms with van der Waals surface area (Å²) in [5.74, 6) is -0.947. The first-order valence-electron chi connectivity index (χ1n) is 13.3. The molecule has 208 valence electrons. The van der Waals surface area contributed by atoms with Gasteiger partial charge in [-0.1, -0.05) is 55.5 Å². The van der Waals surface area contributed by atoms with Crippen molar-refractivity contribution in [2.45, 2.75) is 64.8 Å². The van der Waals surface area contributed by atoms with Gasteiger partial charge < -0.3 is 15.1 Å². The zero-order valence-electron chi connectivity index (χ0n) is 22.7. The topological polar surface area (TPSA) is 96.3 Å². The largest absolute Gasteiger partial charge is 0.356 e. The highest BCUT2D eigenvalue weighted by atomic mass is 19.1. The van der Waals surface area contributed by atoms with Crippen molar-refractivity contribution in [2.24, 2.45) is 0 Å². The van der Waals surface area contributed by atoms with Crippen molar-refractivity contribution >= 4 is 17.6 Å². The summed E-state index contributed by atoms with van der Waals surface area (Å²) in [7, 11) is 0. The molecule has 0 bridgehead atoms. The van der Waals surface area contributed by atoms with E-state index in [1.54, 1.807) is 30.5 Å². The molecule has 3 atom stereocenters. The van der Waals surface area contributed by atoms with E-state index in [2.05, 4.69) is 20.6 Å². The van der Waals surface area contributed by atoms with Crippen molar-refractivity contribution < 1.29 is 18.4 Å². The number of hydrogen-bond donors (Lipinski definition) is 1. The lowest BCUT2D eigenvalue weighted by Crippen LogP contribution is -2.48. The monoisotopic (exact) mass is 539 g/mol. The van der Waals surface area contributed by atoms with Crippen LogP contribution in [0.1, 0.15) is 62.9 Å². The molecular weight excluding hydrogens is 504 g/mol. The summed E-state index contributed by atoms with van der Waals surface area (Å²) in [4.78, 5) is 34.3. The van der Waals surface area contributed by atoms with Gasteiger partial charge in [0.1, 0.15) is 24.6 Å². The van der Waals surface area contributed by atoms with E-state index in [1.807, 2.05) is 50.8 Å². The number of nitrogens with one attached hydrogen (secondary N) is 1. The molecule has 39 heavy (non-hydrogen) atoms. The van der Waals surface area contributed by atoms with E-state index in [0.717, 1.165) is 0 Å². The molecule has 1 saturated heterocycles. The second-order valence-corrected chi connectivity index (χ2v) is 9.94. The Labute approximate surface area is 227 Å². The fourth-order valence-electron chi connectivity index (χ4n) is 4.95. The summed E-state index contributed by atoms with van der Waals surface area (Å²) in [6.07, 6.45) is 0.0971. The third-order valence-electron chi connectivity index (χ3n) is 7.08. The lowest BCUT2D eigenvalue weighted by atomic mass is 9.99. The zero-order chi connectivity index (χ0) is 28.1. The molecule has 0 radical (unpaired) electrons. The maximum atomic E-state index is 14.8. The smallest absolute Gasteiger partial charge is 0.245 e. The number of aromatic nitrogens is 4. The van der Waals surface area contributed by atoms with Crippen molar-refractivity contribution in [1.29, 1.82) is 0 Å². The van der Waals surface area contributed by atoms with Crippen LogP contribution in [0.5, 0.6) is 0 Å². The predicted molar refractivity (Wildman–Crippen MR) is 143 cm³/mol. The molecular formula is C28H35F2N7O2. The first-order valence-corrected chi connectivity index (χ1v) is 13.3. The number of pyridine rings is 1. The molecule has 3 aromatic rings. The van der Waals surface area contributed by atoms with Gasteiger partial charge in [-0.2, -0.15) is 4.39 Å². The molecule has 1 fully saturated rings. The number of carbonyl (C=O) groups is 2. The minimum Gasteiger partial charge on any atom is -0.356 e. The molecule has 2 aromatic heterocycles. The van der Waals surface area contributed by atoms with E-state index < -0.39 is 36.0 Å². The van der Waals surface area contributed by atoms with Gasteiger partial charge in [0, 0.05) is 25.1 Å². The standard InChI is InChI=1S/C28H35F2N7O2/c1-5-35(6-2)24-15-31-34-37(24)17-25(38)36-16-20(29)14-23(36)28(39)33-26(19-10-8-7-9-11-19)22-13-12-21(18(3)4)27(30)32-22/h7-13,15,18,20,23,26H,5-6,14,16-17H2,1-4H3,(H,33,39)/t20-,23+,26+/m1/s1. The molecule has 0 saturated carbocycles. The Hall–Kier alpha value is -3.89. The van der Waals surface area contributed by atoms with Gasteiger partial charge in [-0.25, -0.2) is 14.1 Å². The Morgan fingerprint density at radius 3 is 2.49 bits per heavy atom. The van der Waals surface area contributed by atoms with Crippen molar-refractivity contribution in [3.63, 3.8) is 0 Å². The highest BCUT2D eigenvalue weighted by Gasteiger charge is 2.41. The number of anilines is 1. The van der Waals surface area contributed by atoms with E-state index in [0.29, 0.717) is 35.7 Å². The summed E-state index contributed by atoms with van der Waals surface area (Å²) >= 11 is 0. The van der Waals surface area contributed by atoms with Crippen LogP contribution in [0.25, 0.3) is 0 Å². The van der Waals surface area contributed by atoms with Gasteiger partial charge in [-0.15, -0.1) is 5.10 Å². The Morgan fingerprint density at radius 2 is 1.85 bits per heavy atom. The molecule has 2 amide bonds. The van der Waals surface area contributed by atoms with Crippen molar-refractivity contribution in [3.05, 3.63) is 71.4 Å². The van der Waals surface area contributed by atoms with Crippen molar-refractivity contribution in [1.82, 2.24) is 30.2 Å². The third kappa shape index (κ3) is 6.23. The van der Waals surface area contributed by atoms with Gasteiger partial charge >= 0.3 is 0 Å². The van der Waals surface area contributed by atoms with Gasteiger partial charge in [-0.05, 0) is 31.4 Å². The molecule has 4 rings (SSSR count). The molecule has 3 heterocycles. The lowest BCUT2D eigenvalue weighted by molar-refractivity contribution is -0.139. The maximum absolute atomic E-state index is 14.8. The molecule has 9 nitrogen and oxygen atoms in total. The van der Waals surface area contributed by atoms with E-state index in [4.69, 9.17) is 0 Å². The van der Waals surface area contributed by atoms with Crippen LogP contribution in [0, 0.1) is 5.95 Å². The first kappa shape index (κ1) is 28.1. The SMILES string of the molecule is CCN(CC)c1cnnn1CC(=O)N1C[C@H](F)C[C@H]1C(=O)N[C@@H](c1ccccc1)c1ccc(C(C)C)c(F)n1. The van der Waals surface area contributed by atoms with Crippen LogP contribution in [-0.2, 0) is 16.1 Å². The zero-order valence-corrected chi connectivity index (χ0v) is 22.7. The number of carbonyl (C=O) groups excluding carboxylic acids is 2. The van der Waals surface area contributed by atoms with E-state index >= 15 is 0 Å². The molecule has 0 aliphatic carbocycles. The first-order chi connectivity index (χ1) is 18.7. The number of amides is 2. The molecule has 11 heteroatoms. The Morgan fingerprint density at radius 1 is 1.13 bits per heavy atom. The van der Waals surface area contributed by atoms with Gasteiger partial charge in [-0.3, -0.25) is 9.59 Å². The maximum Gasteiger partial charge on any atom is 0.245 e. The van der Waals surface area contributed by atoms with Gasteiger partial charge in [0.15, 0.2) is 0 Å². The minimum absolute atomic E-state index is 0.0527. The summed E-state index contributed by atoms with van der Waals surface area (Å²) in [5, 5.41) is 10.9. The Balaban J connectivity index is 1.57. The number of halogens is 2. The van der Waals surface area contributed by atoms with Gasteiger partial charge in [0.25, 0.3) is 0 Å². The average molecular weight is 540 g/mol. The van der Waals surface area contributed by atoms with E-state index in [1.165, 1.54) is 9.58 Å². The van der Waals surface area contributed by atoms with Crippen LogP contribution in [0.3, 0.4) is 0 Å². The van der Waals surface area contributed by atoms with Crippen LogP contribution in [0.4, 0.5) is 14.6 Å². The highest BCUT2D eigenvalue weighted by molar-refractivity contribution is 5.89. The van der Waals surface area contributed by atoms with E-state index in [9.17, 15) is 18.4 Å². The second-order valence-electron chi connectivity index (χ2n) is 9.94. The van der Waals surface area contributed by atoms with E-state index in [-0.39, 0.29) is 25.4 Å². The molecule has 1 aliphatic rings. The molecule has 1 aliphatic heterocycles. The predicted octanol–water partition coefficient (Wildman–Crippen LogP) is 3.63. The Kier molecular flexibility index (Phi) is 8.88. The molecule has 1 N–H and O–H groups in total. The van der Waals surface area contributed by atoms with Crippen LogP contribution in [0.15, 0.2) is 48.7 Å². The van der Waals surface area contributed by atoms with Crippen LogP contribution >= 0.6 is 0 Å². The summed E-state index contributed by atoms with van der Waals surface area (Å²) < 4.78 is 30.9. The number of rotatable bonds is 10. The number of alkyl halides is 1. The summed E-state index contributed by atoms with van der Waals surface area (Å²) in [6.45, 7) is 8.75. The minimum atomic E-state index is -1.35. The second kappa shape index (κ2) is 12.3. The number of benzene rings is 1. The fraction of sp³-hybridized carbons (Fsp3) is 0.464. The van der Waals surface area contributed by atoms with Crippen LogP contribution in [-0.4, -0.2) is 68.5 Å². The molecule has 0 spiro atoms. The van der Waals surface area contributed by atoms with Crippen molar-refractivity contribution in [3.8, 4) is 0 Å². The molecule has 1 aromatic carbocycles. The van der Waals surface area contributed by atoms with Gasteiger partial charge in [0.2, 0.25) is 17.8 Å². The van der Waals surface area contributed by atoms with Gasteiger partial charge in [0.05, 0.1) is 24.5 Å². The Bertz CT molecular complexity index is 1280. The number of hydrogen-bond acceptors (Lipinski definition) is 6. The third-order valence-corrected chi connectivity index (χ3v) is 7.08.